The Balaban J connectivity index is 1.03. The number of fused-ring (bicyclic) bond motifs is 4. The number of aromatic hydroxyl groups is 2. The van der Waals surface area contributed by atoms with Crippen molar-refractivity contribution in [2.75, 3.05) is 0 Å². The summed E-state index contributed by atoms with van der Waals surface area (Å²) in [4.78, 5) is 0. The fourth-order valence-electron chi connectivity index (χ4n) is 16.9. The van der Waals surface area contributed by atoms with E-state index in [0.29, 0.717) is 47.0 Å². The molecule has 2 N–H and O–H groups in total. The fourth-order valence-corrected chi connectivity index (χ4v) is 16.9. The molecule has 2 heteroatoms. The molecule has 0 heterocycles. The normalized spacial score (nSPS) is 23.8. The summed E-state index contributed by atoms with van der Waals surface area (Å²) in [6, 6.07) is 20.4. The summed E-state index contributed by atoms with van der Waals surface area (Å²) >= 11 is 0. The van der Waals surface area contributed by atoms with Gasteiger partial charge in [-0.05, 0) is 194 Å². The van der Waals surface area contributed by atoms with Gasteiger partial charge in [-0.1, -0.05) is 164 Å². The van der Waals surface area contributed by atoms with Gasteiger partial charge in [0, 0.05) is 27.7 Å². The van der Waals surface area contributed by atoms with E-state index < -0.39 is 0 Å². The second kappa shape index (κ2) is 19.3. The molecule has 6 saturated carbocycles. The van der Waals surface area contributed by atoms with Crippen LogP contribution in [0.25, 0.3) is 22.3 Å². The Morgan fingerprint density at radius 3 is 0.881 bits per heavy atom. The Bertz CT molecular complexity index is 2150. The maximum Gasteiger partial charge on any atom is 0.127 e. The largest absolute Gasteiger partial charge is 0.507 e. The Labute approximate surface area is 405 Å². The molecule has 12 rings (SSSR count). The van der Waals surface area contributed by atoms with Crippen molar-refractivity contribution < 1.29 is 10.2 Å². The molecule has 0 aliphatic heterocycles. The third kappa shape index (κ3) is 8.25. The number of hydrogen-bond acceptors (Lipinski definition) is 2. The monoisotopic (exact) mass is 897 g/mol. The maximum absolute atomic E-state index is 13.5. The molecule has 4 aromatic rings. The van der Waals surface area contributed by atoms with Crippen LogP contribution in [0.1, 0.15) is 297 Å². The van der Waals surface area contributed by atoms with Crippen LogP contribution in [0, 0.1) is 0 Å². The Hall–Kier alpha value is -3.52. The molecule has 0 radical (unpaired) electrons. The minimum Gasteiger partial charge on any atom is -0.507 e. The van der Waals surface area contributed by atoms with Crippen LogP contribution in [0.2, 0.25) is 0 Å². The van der Waals surface area contributed by atoms with Gasteiger partial charge in [-0.25, -0.2) is 0 Å². The van der Waals surface area contributed by atoms with Crippen molar-refractivity contribution in [3.8, 4) is 33.8 Å². The average Bonchev–Trinajstić information content (AvgIpc) is 3.98. The van der Waals surface area contributed by atoms with Gasteiger partial charge >= 0.3 is 0 Å². The minimum atomic E-state index is -0.374. The molecule has 6 fully saturated rings. The minimum absolute atomic E-state index is 0.374. The number of phenols is 2. The van der Waals surface area contributed by atoms with Gasteiger partial charge in [-0.2, -0.15) is 0 Å². The van der Waals surface area contributed by atoms with Crippen LogP contribution in [-0.4, -0.2) is 10.2 Å². The van der Waals surface area contributed by atoms with Crippen LogP contribution in [0.4, 0.5) is 0 Å². The van der Waals surface area contributed by atoms with Gasteiger partial charge in [-0.3, -0.25) is 0 Å². The lowest BCUT2D eigenvalue weighted by Gasteiger charge is -2.34. The Kier molecular flexibility index (Phi) is 12.9. The molecule has 0 unspecified atom stereocenters. The van der Waals surface area contributed by atoms with E-state index in [-0.39, 0.29) is 5.41 Å². The van der Waals surface area contributed by atoms with Crippen molar-refractivity contribution in [1.29, 1.82) is 0 Å². The highest BCUT2D eigenvalue weighted by Crippen LogP contribution is 2.62. The number of aryl methyl sites for hydroxylation is 2. The quantitative estimate of drug-likeness (QED) is 0.185. The first-order valence-corrected chi connectivity index (χ1v) is 29.1. The molecule has 0 atom stereocenters. The topological polar surface area (TPSA) is 40.5 Å². The van der Waals surface area contributed by atoms with Crippen LogP contribution < -0.4 is 0 Å². The van der Waals surface area contributed by atoms with Crippen molar-refractivity contribution in [3.05, 3.63) is 104 Å². The van der Waals surface area contributed by atoms with Gasteiger partial charge < -0.3 is 10.2 Å². The smallest absolute Gasteiger partial charge is 0.127 e. The van der Waals surface area contributed by atoms with Gasteiger partial charge in [0.25, 0.3) is 0 Å². The molecule has 67 heavy (non-hydrogen) atoms. The van der Waals surface area contributed by atoms with Crippen LogP contribution >= 0.6 is 0 Å². The van der Waals surface area contributed by atoms with Gasteiger partial charge in [-0.15, -0.1) is 0 Å². The molecule has 0 aromatic heterocycles. The highest BCUT2D eigenvalue weighted by molar-refractivity contribution is 5.84. The average molecular weight is 897 g/mol. The third-order valence-electron chi connectivity index (χ3n) is 20.4. The van der Waals surface area contributed by atoms with Crippen molar-refractivity contribution in [3.63, 3.8) is 0 Å². The molecule has 356 valence electrons. The Morgan fingerprint density at radius 1 is 0.328 bits per heavy atom. The second-order valence-corrected chi connectivity index (χ2v) is 24.2. The van der Waals surface area contributed by atoms with Gasteiger partial charge in [0.1, 0.15) is 11.5 Å². The molecule has 0 bridgehead atoms. The van der Waals surface area contributed by atoms with Gasteiger partial charge in [0.15, 0.2) is 0 Å². The SMILES string of the molecule is Oc1c(-c2c(C3CCCCC3)cc(C3CCCCC3)cc2C2CCCCC2)ccc2c1C1(CC2)CCc2ccc(-c3c(C4CCCCC4)cc(C4CCCCC4)cc3C3CCCCC3)c(O)c21. The summed E-state index contributed by atoms with van der Waals surface area (Å²) in [5.74, 6) is 4.72. The van der Waals surface area contributed by atoms with E-state index in [1.54, 1.807) is 33.4 Å². The van der Waals surface area contributed by atoms with E-state index in [0.717, 1.165) is 36.8 Å². The zero-order valence-electron chi connectivity index (χ0n) is 41.5. The molecule has 0 saturated heterocycles. The van der Waals surface area contributed by atoms with Crippen LogP contribution in [0.3, 0.4) is 0 Å². The summed E-state index contributed by atoms with van der Waals surface area (Å²) < 4.78 is 0. The van der Waals surface area contributed by atoms with Gasteiger partial charge in [0.2, 0.25) is 0 Å². The molecule has 1 spiro atoms. The lowest BCUT2D eigenvalue weighted by atomic mass is 9.70. The molecule has 0 amide bonds. The molecular weight excluding hydrogens is 813 g/mol. The van der Waals surface area contributed by atoms with E-state index in [9.17, 15) is 10.2 Å². The highest BCUT2D eigenvalue weighted by Gasteiger charge is 2.50. The van der Waals surface area contributed by atoms with Crippen LogP contribution in [0.15, 0.2) is 48.5 Å². The van der Waals surface area contributed by atoms with Gasteiger partial charge in [0.05, 0.1) is 0 Å². The first-order chi connectivity index (χ1) is 33.1. The number of benzene rings is 4. The first-order valence-electron chi connectivity index (χ1n) is 29.1. The highest BCUT2D eigenvalue weighted by atomic mass is 16.3. The van der Waals surface area contributed by atoms with E-state index in [1.165, 1.54) is 226 Å². The summed E-state index contributed by atoms with van der Waals surface area (Å²) in [6.45, 7) is 0. The first kappa shape index (κ1) is 44.7. The molecule has 8 aliphatic rings. The lowest BCUT2D eigenvalue weighted by molar-refractivity contribution is 0.416. The maximum atomic E-state index is 13.5. The number of rotatable bonds is 8. The number of phenolic OH excluding ortho intramolecular Hbond substituents is 2. The number of hydrogen-bond donors (Lipinski definition) is 2. The summed E-state index contributed by atoms with van der Waals surface area (Å²) in [7, 11) is 0. The summed E-state index contributed by atoms with van der Waals surface area (Å²) in [5, 5.41) is 26.9. The van der Waals surface area contributed by atoms with Crippen molar-refractivity contribution in [2.24, 2.45) is 0 Å². The third-order valence-corrected chi connectivity index (χ3v) is 20.4. The van der Waals surface area contributed by atoms with Crippen LogP contribution in [-0.2, 0) is 18.3 Å². The lowest BCUT2D eigenvalue weighted by Crippen LogP contribution is -2.22. The van der Waals surface area contributed by atoms with Crippen molar-refractivity contribution in [2.45, 2.75) is 259 Å². The van der Waals surface area contributed by atoms with E-state index >= 15 is 0 Å². The predicted molar refractivity (Wildman–Crippen MR) is 279 cm³/mol. The molecule has 8 aliphatic carbocycles. The van der Waals surface area contributed by atoms with Crippen LogP contribution in [0.5, 0.6) is 11.5 Å². The summed E-state index contributed by atoms with van der Waals surface area (Å²) in [5.41, 5.74) is 19.2. The standard InChI is InChI=1S/C65H84O2/c66-63-53(59-55(45-23-11-3-12-24-45)39-51(43-19-7-1-8-20-43)40-56(59)46-25-13-4-14-26-46)33-31-49-35-37-65(61(49)63)38-36-50-32-34-54(64(67)62(50)65)60-57(47-27-15-5-16-28-47)41-52(44-21-9-2-10-22-44)42-58(60)48-29-17-6-18-30-48/h31-34,39-48,66-67H,1-30,35-38H2. The Morgan fingerprint density at radius 2 is 0.597 bits per heavy atom. The van der Waals surface area contributed by atoms with E-state index in [2.05, 4.69) is 48.5 Å². The van der Waals surface area contributed by atoms with Crippen molar-refractivity contribution in [1.82, 2.24) is 0 Å². The summed E-state index contributed by atoms with van der Waals surface area (Å²) in [6.07, 6.45) is 43.7. The van der Waals surface area contributed by atoms with Crippen molar-refractivity contribution >= 4 is 0 Å². The zero-order valence-corrected chi connectivity index (χ0v) is 41.5. The predicted octanol–water partition coefficient (Wildman–Crippen LogP) is 18.9. The molecule has 2 nitrogen and oxygen atoms in total. The second-order valence-electron chi connectivity index (χ2n) is 24.2. The molecule has 4 aromatic carbocycles. The zero-order chi connectivity index (χ0) is 44.9. The molecular formula is C65H84O2. The van der Waals surface area contributed by atoms with E-state index in [4.69, 9.17) is 0 Å². The fraction of sp³-hybridized carbons (Fsp3) is 0.631. The van der Waals surface area contributed by atoms with E-state index in [1.807, 2.05) is 0 Å².